The first-order chi connectivity index (χ1) is 17.5. The van der Waals surface area contributed by atoms with Gasteiger partial charge in [0.05, 0.1) is 0 Å². The molecular formula is C32H60O4. The van der Waals surface area contributed by atoms with Crippen molar-refractivity contribution in [3.05, 3.63) is 24.3 Å². The SMILES string of the molecule is CCCCCCCCCCCCCC=CC(=O)O.CCCCCCCCCCCCCC=CC(=O)O. The molecule has 4 nitrogen and oxygen atoms in total. The van der Waals surface area contributed by atoms with Gasteiger partial charge in [0.2, 0.25) is 0 Å². The Morgan fingerprint density at radius 3 is 0.861 bits per heavy atom. The van der Waals surface area contributed by atoms with Crippen molar-refractivity contribution in [2.45, 2.75) is 168 Å². The summed E-state index contributed by atoms with van der Waals surface area (Å²) in [5.41, 5.74) is 0. The van der Waals surface area contributed by atoms with E-state index in [4.69, 9.17) is 10.2 Å². The van der Waals surface area contributed by atoms with E-state index in [1.807, 2.05) is 0 Å². The maximum atomic E-state index is 10.2. The van der Waals surface area contributed by atoms with Crippen LogP contribution >= 0.6 is 0 Å². The number of carboxylic acids is 2. The third kappa shape index (κ3) is 39.6. The average Bonchev–Trinajstić information content (AvgIpc) is 2.85. The molecule has 4 heteroatoms. The molecule has 2 N–H and O–H groups in total. The van der Waals surface area contributed by atoms with Crippen molar-refractivity contribution < 1.29 is 19.8 Å². The molecule has 0 amide bonds. The Hall–Kier alpha value is -1.58. The van der Waals surface area contributed by atoms with E-state index in [0.29, 0.717) is 0 Å². The van der Waals surface area contributed by atoms with Crippen LogP contribution in [0, 0.1) is 0 Å². The molecule has 0 aromatic rings. The zero-order chi connectivity index (χ0) is 27.0. The van der Waals surface area contributed by atoms with Crippen LogP contribution in [0.4, 0.5) is 0 Å². The highest BCUT2D eigenvalue weighted by molar-refractivity contribution is 5.79. The van der Waals surface area contributed by atoms with Crippen molar-refractivity contribution in [1.82, 2.24) is 0 Å². The summed E-state index contributed by atoms with van der Waals surface area (Å²) in [5.74, 6) is -1.67. The van der Waals surface area contributed by atoms with Gasteiger partial charge in [0.15, 0.2) is 0 Å². The maximum absolute atomic E-state index is 10.2. The predicted octanol–water partition coefficient (Wildman–Crippen LogP) is 10.7. The Morgan fingerprint density at radius 2 is 0.639 bits per heavy atom. The number of unbranched alkanes of at least 4 members (excludes halogenated alkanes) is 22. The lowest BCUT2D eigenvalue weighted by atomic mass is 10.1. The van der Waals surface area contributed by atoms with Crippen molar-refractivity contribution in [3.8, 4) is 0 Å². The van der Waals surface area contributed by atoms with Crippen molar-refractivity contribution in [1.29, 1.82) is 0 Å². The molecule has 0 aliphatic heterocycles. The molecule has 0 radical (unpaired) electrons. The zero-order valence-electron chi connectivity index (χ0n) is 24.0. The molecule has 0 aliphatic carbocycles. The standard InChI is InChI=1S/2C16H30O2/c2*1-2-3-4-5-6-7-8-9-10-11-12-13-14-15-16(17)18/h2*14-15H,2-13H2,1H3,(H,17,18). The quantitative estimate of drug-likeness (QED) is 0.0899. The normalized spacial score (nSPS) is 11.2. The summed E-state index contributed by atoms with van der Waals surface area (Å²) in [5, 5.41) is 16.8. The van der Waals surface area contributed by atoms with Gasteiger partial charge < -0.3 is 10.2 Å². The largest absolute Gasteiger partial charge is 0.478 e. The van der Waals surface area contributed by atoms with Crippen molar-refractivity contribution >= 4 is 11.9 Å². The highest BCUT2D eigenvalue weighted by atomic mass is 16.4. The average molecular weight is 509 g/mol. The van der Waals surface area contributed by atoms with E-state index >= 15 is 0 Å². The molecule has 0 fully saturated rings. The van der Waals surface area contributed by atoms with E-state index in [-0.39, 0.29) is 0 Å². The third-order valence-corrected chi connectivity index (χ3v) is 6.47. The van der Waals surface area contributed by atoms with Gasteiger partial charge in [-0.15, -0.1) is 0 Å². The van der Waals surface area contributed by atoms with Gasteiger partial charge in [0.25, 0.3) is 0 Å². The van der Waals surface area contributed by atoms with Crippen LogP contribution in [0.1, 0.15) is 168 Å². The summed E-state index contributed by atoms with van der Waals surface area (Å²) < 4.78 is 0. The monoisotopic (exact) mass is 508 g/mol. The fourth-order valence-electron chi connectivity index (χ4n) is 4.22. The molecule has 0 saturated carbocycles. The van der Waals surface area contributed by atoms with Gasteiger partial charge in [-0.25, -0.2) is 9.59 Å². The van der Waals surface area contributed by atoms with E-state index in [0.717, 1.165) is 25.7 Å². The Bertz CT molecular complexity index is 464. The molecule has 0 spiro atoms. The number of hydrogen-bond acceptors (Lipinski definition) is 2. The number of hydrogen-bond donors (Lipinski definition) is 2. The first-order valence-electron chi connectivity index (χ1n) is 15.3. The van der Waals surface area contributed by atoms with Crippen molar-refractivity contribution in [3.63, 3.8) is 0 Å². The highest BCUT2D eigenvalue weighted by Crippen LogP contribution is 2.13. The van der Waals surface area contributed by atoms with Crippen LogP contribution in [0.3, 0.4) is 0 Å². The molecule has 0 bridgehead atoms. The van der Waals surface area contributed by atoms with Gasteiger partial charge >= 0.3 is 11.9 Å². The van der Waals surface area contributed by atoms with Crippen LogP contribution in [0.2, 0.25) is 0 Å². The molecule has 0 aromatic carbocycles. The maximum Gasteiger partial charge on any atom is 0.327 e. The van der Waals surface area contributed by atoms with Gasteiger partial charge in [0, 0.05) is 12.2 Å². The Labute approximate surface area is 224 Å². The van der Waals surface area contributed by atoms with Crippen LogP contribution in [0.15, 0.2) is 24.3 Å². The minimum Gasteiger partial charge on any atom is -0.478 e. The molecular weight excluding hydrogens is 448 g/mol. The van der Waals surface area contributed by atoms with Crippen molar-refractivity contribution in [2.75, 3.05) is 0 Å². The number of carboxylic acid groups (broad SMARTS) is 2. The summed E-state index contributed by atoms with van der Waals surface area (Å²) in [6, 6.07) is 0. The number of rotatable bonds is 26. The molecule has 212 valence electrons. The molecule has 0 unspecified atom stereocenters. The van der Waals surface area contributed by atoms with E-state index in [1.54, 1.807) is 12.2 Å². The van der Waals surface area contributed by atoms with Crippen LogP contribution in [-0.2, 0) is 9.59 Å². The second-order valence-corrected chi connectivity index (χ2v) is 10.1. The first kappa shape index (κ1) is 36.6. The summed E-state index contributed by atoms with van der Waals surface area (Å²) in [6.45, 7) is 4.51. The van der Waals surface area contributed by atoms with Crippen molar-refractivity contribution in [2.24, 2.45) is 0 Å². The van der Waals surface area contributed by atoms with E-state index < -0.39 is 11.9 Å². The van der Waals surface area contributed by atoms with Crippen LogP contribution in [0.5, 0.6) is 0 Å². The molecule has 0 aliphatic rings. The number of carbonyl (C=O) groups is 2. The third-order valence-electron chi connectivity index (χ3n) is 6.47. The smallest absolute Gasteiger partial charge is 0.327 e. The van der Waals surface area contributed by atoms with Gasteiger partial charge in [-0.05, 0) is 25.7 Å². The Morgan fingerprint density at radius 1 is 0.417 bits per heavy atom. The Kier molecular flexibility index (Phi) is 34.0. The highest BCUT2D eigenvalue weighted by Gasteiger charge is 1.94. The minimum absolute atomic E-state index is 0.835. The second-order valence-electron chi connectivity index (χ2n) is 10.1. The minimum atomic E-state index is -0.835. The van der Waals surface area contributed by atoms with Gasteiger partial charge in [-0.3, -0.25) is 0 Å². The van der Waals surface area contributed by atoms with Crippen LogP contribution < -0.4 is 0 Å². The first-order valence-corrected chi connectivity index (χ1v) is 15.3. The van der Waals surface area contributed by atoms with E-state index in [2.05, 4.69) is 13.8 Å². The summed E-state index contributed by atoms with van der Waals surface area (Å²) in [7, 11) is 0. The number of allylic oxidation sites excluding steroid dienone is 2. The van der Waals surface area contributed by atoms with Gasteiger partial charge in [-0.1, -0.05) is 154 Å². The van der Waals surface area contributed by atoms with Crippen LogP contribution in [-0.4, -0.2) is 22.2 Å². The summed E-state index contributed by atoms with van der Waals surface area (Å²) in [4.78, 5) is 20.4. The fourth-order valence-corrected chi connectivity index (χ4v) is 4.22. The molecule has 0 heterocycles. The molecule has 0 aromatic heterocycles. The topological polar surface area (TPSA) is 74.6 Å². The zero-order valence-corrected chi connectivity index (χ0v) is 24.0. The lowest BCUT2D eigenvalue weighted by Gasteiger charge is -2.01. The lowest BCUT2D eigenvalue weighted by Crippen LogP contribution is -1.85. The molecule has 0 saturated heterocycles. The molecule has 0 atom stereocenters. The van der Waals surface area contributed by atoms with E-state index in [1.165, 1.54) is 141 Å². The summed E-state index contributed by atoms with van der Waals surface area (Å²) in [6.07, 6.45) is 37.3. The Balaban J connectivity index is 0. The lowest BCUT2D eigenvalue weighted by molar-refractivity contribution is -0.132. The molecule has 36 heavy (non-hydrogen) atoms. The second kappa shape index (κ2) is 33.4. The van der Waals surface area contributed by atoms with Gasteiger partial charge in [0.1, 0.15) is 0 Å². The fraction of sp³-hybridized carbons (Fsp3) is 0.812. The van der Waals surface area contributed by atoms with Crippen LogP contribution in [0.25, 0.3) is 0 Å². The predicted molar refractivity (Wildman–Crippen MR) is 156 cm³/mol. The number of aliphatic carboxylic acids is 2. The van der Waals surface area contributed by atoms with Gasteiger partial charge in [-0.2, -0.15) is 0 Å². The molecule has 0 rings (SSSR count). The summed E-state index contributed by atoms with van der Waals surface area (Å²) >= 11 is 0. The van der Waals surface area contributed by atoms with E-state index in [9.17, 15) is 9.59 Å².